The molecule has 0 aromatic heterocycles. The molecule has 0 heterocycles. The monoisotopic (exact) mass is 398 g/mol. The molecule has 1 unspecified atom stereocenters. The summed E-state index contributed by atoms with van der Waals surface area (Å²) < 4.78 is 0. The molecule has 0 aliphatic heterocycles. The van der Waals surface area contributed by atoms with Crippen molar-refractivity contribution in [2.24, 2.45) is 0 Å². The molecule has 1 atom stereocenters. The standard InChI is InChI=1S/C21H22N2O4S/c1-3-18(21(27)23-15-7-4-6-14(2)12-15)28-17-9-5-8-16(13-17)22-19(24)10-11-20(25)26/h4-13,18H,3H2,1-2H3,(H,22,24)(H,23,27)(H,25,26)/b11-10+. The number of nitrogens with one attached hydrogen (secondary N) is 2. The smallest absolute Gasteiger partial charge is 0.328 e. The van der Waals surface area contributed by atoms with Crippen molar-refractivity contribution in [3.63, 3.8) is 0 Å². The molecular weight excluding hydrogens is 376 g/mol. The summed E-state index contributed by atoms with van der Waals surface area (Å²) >= 11 is 1.40. The van der Waals surface area contributed by atoms with Gasteiger partial charge in [-0.15, -0.1) is 11.8 Å². The maximum Gasteiger partial charge on any atom is 0.328 e. The van der Waals surface area contributed by atoms with Gasteiger partial charge in [-0.1, -0.05) is 25.1 Å². The normalized spacial score (nSPS) is 11.8. The molecule has 0 saturated heterocycles. The first-order valence-corrected chi connectivity index (χ1v) is 9.61. The highest BCUT2D eigenvalue weighted by molar-refractivity contribution is 8.00. The van der Waals surface area contributed by atoms with Crippen molar-refractivity contribution in [1.82, 2.24) is 0 Å². The second-order valence-corrected chi connectivity index (χ2v) is 7.34. The van der Waals surface area contributed by atoms with Gasteiger partial charge in [0.1, 0.15) is 0 Å². The van der Waals surface area contributed by atoms with E-state index in [2.05, 4.69) is 10.6 Å². The van der Waals surface area contributed by atoms with E-state index in [1.54, 1.807) is 18.2 Å². The fourth-order valence-corrected chi connectivity index (χ4v) is 3.42. The van der Waals surface area contributed by atoms with Gasteiger partial charge >= 0.3 is 5.97 Å². The lowest BCUT2D eigenvalue weighted by atomic mass is 10.2. The highest BCUT2D eigenvalue weighted by atomic mass is 32.2. The van der Waals surface area contributed by atoms with Gasteiger partial charge in [-0.3, -0.25) is 9.59 Å². The molecule has 146 valence electrons. The van der Waals surface area contributed by atoms with Gasteiger partial charge in [0.25, 0.3) is 0 Å². The van der Waals surface area contributed by atoms with Crippen LogP contribution in [-0.4, -0.2) is 28.1 Å². The van der Waals surface area contributed by atoms with Crippen molar-refractivity contribution < 1.29 is 19.5 Å². The van der Waals surface area contributed by atoms with Gasteiger partial charge in [-0.25, -0.2) is 4.79 Å². The van der Waals surface area contributed by atoms with E-state index in [1.807, 2.05) is 44.2 Å². The van der Waals surface area contributed by atoms with Gasteiger partial charge in [-0.05, 0) is 49.2 Å². The van der Waals surface area contributed by atoms with Gasteiger partial charge in [0.2, 0.25) is 11.8 Å². The molecule has 0 aliphatic rings. The van der Waals surface area contributed by atoms with E-state index < -0.39 is 11.9 Å². The minimum Gasteiger partial charge on any atom is -0.478 e. The Kier molecular flexibility index (Phi) is 7.83. The van der Waals surface area contributed by atoms with Gasteiger partial charge in [-0.2, -0.15) is 0 Å². The third-order valence-corrected chi connectivity index (χ3v) is 5.06. The van der Waals surface area contributed by atoms with E-state index in [0.29, 0.717) is 12.1 Å². The van der Waals surface area contributed by atoms with Crippen molar-refractivity contribution in [1.29, 1.82) is 0 Å². The lowest BCUT2D eigenvalue weighted by Gasteiger charge is -2.15. The Balaban J connectivity index is 2.03. The molecule has 2 aromatic rings. The van der Waals surface area contributed by atoms with Crippen LogP contribution in [0.2, 0.25) is 0 Å². The molecule has 2 rings (SSSR count). The minimum atomic E-state index is -1.19. The number of amides is 2. The summed E-state index contributed by atoms with van der Waals surface area (Å²) in [6, 6.07) is 14.7. The Labute approximate surface area is 168 Å². The summed E-state index contributed by atoms with van der Waals surface area (Å²) in [6.45, 7) is 3.91. The van der Waals surface area contributed by atoms with Gasteiger partial charge in [0.05, 0.1) is 5.25 Å². The second-order valence-electron chi connectivity index (χ2n) is 6.06. The largest absolute Gasteiger partial charge is 0.478 e. The predicted octanol–water partition coefficient (Wildman–Crippen LogP) is 4.08. The van der Waals surface area contributed by atoms with Crippen LogP contribution in [0.15, 0.2) is 65.6 Å². The summed E-state index contributed by atoms with van der Waals surface area (Å²) in [6.07, 6.45) is 2.36. The van der Waals surface area contributed by atoms with E-state index in [1.165, 1.54) is 11.8 Å². The number of benzene rings is 2. The zero-order chi connectivity index (χ0) is 20.5. The number of carboxylic acid groups (broad SMARTS) is 1. The first-order chi connectivity index (χ1) is 13.4. The van der Waals surface area contributed by atoms with Crippen LogP contribution in [0.4, 0.5) is 11.4 Å². The average Bonchev–Trinajstić information content (AvgIpc) is 2.64. The maximum absolute atomic E-state index is 12.6. The first kappa shape index (κ1) is 21.2. The zero-order valence-corrected chi connectivity index (χ0v) is 16.5. The Morgan fingerprint density at radius 2 is 1.71 bits per heavy atom. The van der Waals surface area contributed by atoms with Crippen LogP contribution >= 0.6 is 11.8 Å². The number of anilines is 2. The molecule has 3 N–H and O–H groups in total. The van der Waals surface area contributed by atoms with Crippen molar-refractivity contribution in [3.8, 4) is 0 Å². The van der Waals surface area contributed by atoms with Crippen LogP contribution in [0.25, 0.3) is 0 Å². The van der Waals surface area contributed by atoms with Gasteiger partial charge in [0.15, 0.2) is 0 Å². The minimum absolute atomic E-state index is 0.0862. The molecule has 2 amide bonds. The maximum atomic E-state index is 12.6. The number of aryl methyl sites for hydroxylation is 1. The van der Waals surface area contributed by atoms with E-state index in [0.717, 1.165) is 28.3 Å². The summed E-state index contributed by atoms with van der Waals surface area (Å²) in [5.74, 6) is -1.81. The van der Waals surface area contributed by atoms with Gasteiger partial charge < -0.3 is 15.7 Å². The molecule has 0 radical (unpaired) electrons. The van der Waals surface area contributed by atoms with E-state index in [4.69, 9.17) is 5.11 Å². The summed E-state index contributed by atoms with van der Waals surface area (Å²) in [5.41, 5.74) is 2.35. The molecule has 6 nitrogen and oxygen atoms in total. The molecule has 7 heteroatoms. The zero-order valence-electron chi connectivity index (χ0n) is 15.6. The quantitative estimate of drug-likeness (QED) is 0.460. The lowest BCUT2D eigenvalue weighted by Crippen LogP contribution is -2.24. The van der Waals surface area contributed by atoms with Crippen molar-refractivity contribution in [2.45, 2.75) is 30.4 Å². The van der Waals surface area contributed by atoms with Crippen molar-refractivity contribution in [2.75, 3.05) is 10.6 Å². The molecule has 0 spiro atoms. The fraction of sp³-hybridized carbons (Fsp3) is 0.190. The Morgan fingerprint density at radius 1 is 1.04 bits per heavy atom. The number of carbonyl (C=O) groups excluding carboxylic acids is 2. The van der Waals surface area contributed by atoms with Crippen molar-refractivity contribution in [3.05, 3.63) is 66.2 Å². The highest BCUT2D eigenvalue weighted by Crippen LogP contribution is 2.28. The number of hydrogen-bond acceptors (Lipinski definition) is 4. The van der Waals surface area contributed by atoms with Crippen LogP contribution in [0.5, 0.6) is 0 Å². The molecule has 0 saturated carbocycles. The average molecular weight is 398 g/mol. The van der Waals surface area contributed by atoms with Crippen LogP contribution in [0, 0.1) is 6.92 Å². The van der Waals surface area contributed by atoms with E-state index in [9.17, 15) is 14.4 Å². The number of rotatable bonds is 8. The first-order valence-electron chi connectivity index (χ1n) is 8.73. The second kappa shape index (κ2) is 10.3. The lowest BCUT2D eigenvalue weighted by molar-refractivity contribution is -0.131. The Hall–Kier alpha value is -3.06. The van der Waals surface area contributed by atoms with Crippen molar-refractivity contribution >= 4 is 40.9 Å². The number of aliphatic carboxylic acids is 1. The molecule has 0 aliphatic carbocycles. The SMILES string of the molecule is CCC(Sc1cccc(NC(=O)/C=C/C(=O)O)c1)C(=O)Nc1cccc(C)c1. The number of carboxylic acids is 1. The molecular formula is C21H22N2O4S. The summed E-state index contributed by atoms with van der Waals surface area (Å²) in [5, 5.41) is 13.8. The van der Waals surface area contributed by atoms with E-state index in [-0.39, 0.29) is 11.2 Å². The van der Waals surface area contributed by atoms with E-state index >= 15 is 0 Å². The molecule has 0 bridgehead atoms. The van der Waals surface area contributed by atoms with Crippen LogP contribution in [0.1, 0.15) is 18.9 Å². The third-order valence-electron chi connectivity index (χ3n) is 3.71. The summed E-state index contributed by atoms with van der Waals surface area (Å²) in [4.78, 5) is 35.6. The molecule has 0 fully saturated rings. The Bertz CT molecular complexity index is 895. The van der Waals surface area contributed by atoms with Crippen LogP contribution in [0.3, 0.4) is 0 Å². The Morgan fingerprint density at radius 3 is 2.36 bits per heavy atom. The highest BCUT2D eigenvalue weighted by Gasteiger charge is 2.18. The predicted molar refractivity (Wildman–Crippen MR) is 112 cm³/mol. The third kappa shape index (κ3) is 6.92. The van der Waals surface area contributed by atoms with Gasteiger partial charge in [0, 0.05) is 28.4 Å². The fourth-order valence-electron chi connectivity index (χ4n) is 2.41. The number of carbonyl (C=O) groups is 3. The molecule has 2 aromatic carbocycles. The van der Waals surface area contributed by atoms with Crippen LogP contribution < -0.4 is 10.6 Å². The number of thioether (sulfide) groups is 1. The number of hydrogen-bond donors (Lipinski definition) is 3. The summed E-state index contributed by atoms with van der Waals surface area (Å²) in [7, 11) is 0. The van der Waals surface area contributed by atoms with Crippen LogP contribution in [-0.2, 0) is 14.4 Å². The topological polar surface area (TPSA) is 95.5 Å². The molecule has 28 heavy (non-hydrogen) atoms.